The van der Waals surface area contributed by atoms with Crippen molar-refractivity contribution in [2.24, 2.45) is 0 Å². The fourth-order valence-corrected chi connectivity index (χ4v) is 3.88. The standard InChI is InChI=1S/C19H22N2/c1-14-5-2-3-7-17(14)18-8-4-6-15-13-16-9-10-20-11-12-21(16)19(15)18/h2-8,16,20H,9-13H2,1H3/t16-/m0/s1. The predicted octanol–water partition coefficient (Wildman–Crippen LogP) is 3.39. The van der Waals surface area contributed by atoms with Gasteiger partial charge < -0.3 is 10.2 Å². The highest BCUT2D eigenvalue weighted by molar-refractivity contribution is 5.84. The number of para-hydroxylation sites is 1. The number of nitrogens with zero attached hydrogens (tertiary/aromatic N) is 1. The van der Waals surface area contributed by atoms with Crippen LogP contribution in [-0.2, 0) is 6.42 Å². The molecule has 2 aromatic rings. The molecule has 1 fully saturated rings. The smallest absolute Gasteiger partial charge is 0.0482 e. The minimum Gasteiger partial charge on any atom is -0.366 e. The minimum absolute atomic E-state index is 0.681. The molecule has 0 spiro atoms. The summed E-state index contributed by atoms with van der Waals surface area (Å²) in [7, 11) is 0. The van der Waals surface area contributed by atoms with Crippen LogP contribution in [0.25, 0.3) is 11.1 Å². The molecule has 4 rings (SSSR count). The topological polar surface area (TPSA) is 15.3 Å². The van der Waals surface area contributed by atoms with Crippen LogP contribution in [0.15, 0.2) is 42.5 Å². The van der Waals surface area contributed by atoms with E-state index < -0.39 is 0 Å². The third kappa shape index (κ3) is 2.14. The molecule has 108 valence electrons. The molecule has 0 aliphatic carbocycles. The Morgan fingerprint density at radius 2 is 1.86 bits per heavy atom. The van der Waals surface area contributed by atoms with Crippen molar-refractivity contribution in [2.75, 3.05) is 24.5 Å². The van der Waals surface area contributed by atoms with Crippen LogP contribution in [0.4, 0.5) is 5.69 Å². The zero-order chi connectivity index (χ0) is 14.2. The van der Waals surface area contributed by atoms with Crippen molar-refractivity contribution >= 4 is 5.69 Å². The van der Waals surface area contributed by atoms with Crippen LogP contribution in [0.1, 0.15) is 17.5 Å². The second kappa shape index (κ2) is 5.19. The Morgan fingerprint density at radius 1 is 1.00 bits per heavy atom. The summed E-state index contributed by atoms with van der Waals surface area (Å²) in [6, 6.07) is 16.3. The first-order chi connectivity index (χ1) is 10.3. The van der Waals surface area contributed by atoms with Gasteiger partial charge in [0, 0.05) is 30.4 Å². The molecule has 1 atom stereocenters. The van der Waals surface area contributed by atoms with E-state index in [9.17, 15) is 0 Å². The fraction of sp³-hybridized carbons (Fsp3) is 0.368. The van der Waals surface area contributed by atoms with Gasteiger partial charge in [0.25, 0.3) is 0 Å². The minimum atomic E-state index is 0.681. The molecule has 2 heteroatoms. The summed E-state index contributed by atoms with van der Waals surface area (Å²) in [5.74, 6) is 0. The van der Waals surface area contributed by atoms with Gasteiger partial charge in [-0.1, -0.05) is 42.5 Å². The summed E-state index contributed by atoms with van der Waals surface area (Å²) in [4.78, 5) is 2.65. The Kier molecular flexibility index (Phi) is 3.19. The van der Waals surface area contributed by atoms with E-state index in [0.717, 1.165) is 19.6 Å². The van der Waals surface area contributed by atoms with Crippen LogP contribution in [0.3, 0.4) is 0 Å². The Balaban J connectivity index is 1.85. The third-order valence-corrected chi connectivity index (χ3v) is 4.92. The maximum atomic E-state index is 3.54. The number of rotatable bonds is 1. The zero-order valence-corrected chi connectivity index (χ0v) is 12.6. The van der Waals surface area contributed by atoms with E-state index in [1.165, 1.54) is 40.8 Å². The first-order valence-corrected chi connectivity index (χ1v) is 8.00. The van der Waals surface area contributed by atoms with Crippen LogP contribution in [-0.4, -0.2) is 25.7 Å². The van der Waals surface area contributed by atoms with Crippen LogP contribution >= 0.6 is 0 Å². The number of fused-ring (bicyclic) bond motifs is 3. The summed E-state index contributed by atoms with van der Waals surface area (Å²) in [5.41, 5.74) is 7.17. The second-order valence-corrected chi connectivity index (χ2v) is 6.22. The lowest BCUT2D eigenvalue weighted by atomic mass is 9.96. The lowest BCUT2D eigenvalue weighted by Crippen LogP contribution is -2.33. The van der Waals surface area contributed by atoms with Gasteiger partial charge in [0.1, 0.15) is 0 Å². The van der Waals surface area contributed by atoms with Gasteiger partial charge >= 0.3 is 0 Å². The van der Waals surface area contributed by atoms with E-state index in [2.05, 4.69) is 59.6 Å². The average Bonchev–Trinajstić information content (AvgIpc) is 2.70. The van der Waals surface area contributed by atoms with E-state index in [-0.39, 0.29) is 0 Å². The highest BCUT2D eigenvalue weighted by atomic mass is 15.2. The van der Waals surface area contributed by atoms with Gasteiger partial charge in [0.05, 0.1) is 0 Å². The van der Waals surface area contributed by atoms with Gasteiger partial charge in [-0.25, -0.2) is 0 Å². The lowest BCUT2D eigenvalue weighted by Gasteiger charge is -2.27. The van der Waals surface area contributed by atoms with E-state index in [1.54, 1.807) is 0 Å². The molecule has 2 aliphatic rings. The number of aryl methyl sites for hydroxylation is 1. The van der Waals surface area contributed by atoms with Crippen molar-refractivity contribution in [2.45, 2.75) is 25.8 Å². The molecule has 1 saturated heterocycles. The third-order valence-electron chi connectivity index (χ3n) is 4.92. The quantitative estimate of drug-likeness (QED) is 0.860. The Hall–Kier alpha value is -1.80. The zero-order valence-electron chi connectivity index (χ0n) is 12.6. The predicted molar refractivity (Wildman–Crippen MR) is 88.9 cm³/mol. The van der Waals surface area contributed by atoms with E-state index >= 15 is 0 Å². The number of nitrogens with one attached hydrogen (secondary N) is 1. The van der Waals surface area contributed by atoms with Gasteiger partial charge in [0.2, 0.25) is 0 Å². The van der Waals surface area contributed by atoms with Crippen LogP contribution < -0.4 is 10.2 Å². The normalized spacial score (nSPS) is 20.8. The van der Waals surface area contributed by atoms with Gasteiger partial charge in [-0.3, -0.25) is 0 Å². The highest BCUT2D eigenvalue weighted by Gasteiger charge is 2.32. The molecule has 0 amide bonds. The Labute approximate surface area is 126 Å². The lowest BCUT2D eigenvalue weighted by molar-refractivity contribution is 0.612. The van der Waals surface area contributed by atoms with Gasteiger partial charge in [0.15, 0.2) is 0 Å². The van der Waals surface area contributed by atoms with Gasteiger partial charge in [-0.15, -0.1) is 0 Å². The van der Waals surface area contributed by atoms with E-state index in [0.29, 0.717) is 6.04 Å². The number of anilines is 1. The SMILES string of the molecule is Cc1ccccc1-c1cccc2c1N1CCNCC[C@H]1C2. The molecule has 0 saturated carbocycles. The number of hydrogen-bond donors (Lipinski definition) is 1. The molecule has 0 radical (unpaired) electrons. The summed E-state index contributed by atoms with van der Waals surface area (Å²) >= 11 is 0. The fourth-order valence-electron chi connectivity index (χ4n) is 3.88. The summed E-state index contributed by atoms with van der Waals surface area (Å²) < 4.78 is 0. The first-order valence-electron chi connectivity index (χ1n) is 8.00. The van der Waals surface area contributed by atoms with Crippen molar-refractivity contribution < 1.29 is 0 Å². The number of hydrogen-bond acceptors (Lipinski definition) is 2. The van der Waals surface area contributed by atoms with Crippen LogP contribution in [0.5, 0.6) is 0 Å². The van der Waals surface area contributed by atoms with Crippen molar-refractivity contribution in [1.29, 1.82) is 0 Å². The first kappa shape index (κ1) is 12.9. The highest BCUT2D eigenvalue weighted by Crippen LogP contribution is 2.42. The average molecular weight is 278 g/mol. The van der Waals surface area contributed by atoms with Crippen LogP contribution in [0, 0.1) is 6.92 Å². The molecule has 21 heavy (non-hydrogen) atoms. The second-order valence-electron chi connectivity index (χ2n) is 6.22. The summed E-state index contributed by atoms with van der Waals surface area (Å²) in [5, 5.41) is 3.54. The molecule has 0 unspecified atom stereocenters. The Bertz CT molecular complexity index is 662. The Morgan fingerprint density at radius 3 is 2.76 bits per heavy atom. The molecule has 0 aromatic heterocycles. The summed E-state index contributed by atoms with van der Waals surface area (Å²) in [6.07, 6.45) is 2.46. The van der Waals surface area contributed by atoms with Crippen LogP contribution in [0.2, 0.25) is 0 Å². The van der Waals surface area contributed by atoms with Crippen molar-refractivity contribution in [3.63, 3.8) is 0 Å². The molecular weight excluding hydrogens is 256 g/mol. The van der Waals surface area contributed by atoms with Crippen molar-refractivity contribution in [3.8, 4) is 11.1 Å². The van der Waals surface area contributed by atoms with E-state index in [4.69, 9.17) is 0 Å². The summed E-state index contributed by atoms with van der Waals surface area (Å²) in [6.45, 7) is 5.58. The van der Waals surface area contributed by atoms with Gasteiger partial charge in [-0.2, -0.15) is 0 Å². The monoisotopic (exact) mass is 278 g/mol. The molecule has 1 N–H and O–H groups in total. The largest absolute Gasteiger partial charge is 0.366 e. The molecule has 2 aliphatic heterocycles. The van der Waals surface area contributed by atoms with Crippen molar-refractivity contribution in [3.05, 3.63) is 53.6 Å². The van der Waals surface area contributed by atoms with Gasteiger partial charge in [-0.05, 0) is 43.0 Å². The molecule has 2 nitrogen and oxygen atoms in total. The molecule has 2 aromatic carbocycles. The molecule has 0 bridgehead atoms. The maximum absolute atomic E-state index is 3.54. The van der Waals surface area contributed by atoms with Crippen molar-refractivity contribution in [1.82, 2.24) is 5.32 Å². The van der Waals surface area contributed by atoms with E-state index in [1.807, 2.05) is 0 Å². The number of benzene rings is 2. The molecule has 2 heterocycles. The maximum Gasteiger partial charge on any atom is 0.0482 e. The molecular formula is C19H22N2.